The minimum absolute atomic E-state index is 0.0834. The number of aromatic hydroxyl groups is 1. The van der Waals surface area contributed by atoms with E-state index in [0.29, 0.717) is 24.9 Å². The molecule has 0 aromatic heterocycles. The Morgan fingerprint density at radius 3 is 2.57 bits per heavy atom. The van der Waals surface area contributed by atoms with Gasteiger partial charge in [-0.05, 0) is 42.9 Å². The molecule has 5 nitrogen and oxygen atoms in total. The Morgan fingerprint density at radius 2 is 1.86 bits per heavy atom. The number of hydrogen-bond acceptors (Lipinski definition) is 4. The second-order valence-corrected chi connectivity index (χ2v) is 8.11. The summed E-state index contributed by atoms with van der Waals surface area (Å²) in [6.45, 7) is 1.21. The number of piperidine rings is 1. The van der Waals surface area contributed by atoms with Crippen LogP contribution in [0.2, 0.25) is 0 Å². The normalized spacial score (nSPS) is 27.2. The summed E-state index contributed by atoms with van der Waals surface area (Å²) < 4.78 is 27.0. The predicted octanol–water partition coefficient (Wildman–Crippen LogP) is 2.18. The van der Waals surface area contributed by atoms with Crippen molar-refractivity contribution in [2.75, 3.05) is 18.8 Å². The molecule has 3 rings (SSSR count). The Hall–Kier alpha value is -1.27. The third-order valence-corrected chi connectivity index (χ3v) is 6.75. The molecule has 1 aromatic carbocycles. The summed E-state index contributed by atoms with van der Waals surface area (Å²) in [4.78, 5) is 0.173. The van der Waals surface area contributed by atoms with Crippen LogP contribution >= 0.6 is 0 Å². The summed E-state index contributed by atoms with van der Waals surface area (Å²) in [6, 6.07) is 4.11. The average Bonchev–Trinajstić information content (AvgIpc) is 2.49. The van der Waals surface area contributed by atoms with E-state index in [-0.39, 0.29) is 16.3 Å². The molecule has 21 heavy (non-hydrogen) atoms. The number of nitrogen functional groups attached to an aromatic ring is 1. The van der Waals surface area contributed by atoms with Crippen molar-refractivity contribution in [1.29, 1.82) is 0 Å². The van der Waals surface area contributed by atoms with Gasteiger partial charge in [0, 0.05) is 13.1 Å². The number of nitrogens with zero attached hydrogens (tertiary/aromatic N) is 1. The van der Waals surface area contributed by atoms with Gasteiger partial charge in [0.15, 0.2) is 0 Å². The Labute approximate surface area is 125 Å². The first-order chi connectivity index (χ1) is 9.98. The van der Waals surface area contributed by atoms with Crippen LogP contribution in [0, 0.1) is 11.8 Å². The van der Waals surface area contributed by atoms with Crippen LogP contribution in [0.15, 0.2) is 23.1 Å². The van der Waals surface area contributed by atoms with Gasteiger partial charge in [0.05, 0.1) is 10.6 Å². The van der Waals surface area contributed by atoms with E-state index >= 15 is 0 Å². The van der Waals surface area contributed by atoms with E-state index in [1.54, 1.807) is 4.31 Å². The second kappa shape index (κ2) is 5.50. The highest BCUT2D eigenvalue weighted by Gasteiger charge is 2.36. The van der Waals surface area contributed by atoms with Gasteiger partial charge in [-0.2, -0.15) is 4.31 Å². The average molecular weight is 310 g/mol. The molecule has 116 valence electrons. The topological polar surface area (TPSA) is 83.6 Å². The highest BCUT2D eigenvalue weighted by atomic mass is 32.2. The first kappa shape index (κ1) is 14.7. The smallest absolute Gasteiger partial charge is 0.243 e. The van der Waals surface area contributed by atoms with Crippen LogP contribution in [0.5, 0.6) is 5.75 Å². The maximum absolute atomic E-state index is 12.7. The van der Waals surface area contributed by atoms with E-state index < -0.39 is 10.0 Å². The van der Waals surface area contributed by atoms with E-state index in [0.717, 1.165) is 12.8 Å². The van der Waals surface area contributed by atoms with Gasteiger partial charge in [0.1, 0.15) is 5.75 Å². The van der Waals surface area contributed by atoms with Gasteiger partial charge in [-0.15, -0.1) is 0 Å². The minimum atomic E-state index is -3.51. The van der Waals surface area contributed by atoms with Gasteiger partial charge in [-0.25, -0.2) is 8.42 Å². The Kier molecular flexibility index (Phi) is 3.84. The molecular formula is C15H22N2O3S. The first-order valence-electron chi connectivity index (χ1n) is 7.57. The molecule has 0 amide bonds. The number of phenolic OH excluding ortho intramolecular Hbond substituents is 1. The summed E-state index contributed by atoms with van der Waals surface area (Å²) >= 11 is 0. The van der Waals surface area contributed by atoms with Gasteiger partial charge in [-0.3, -0.25) is 0 Å². The summed E-state index contributed by atoms with van der Waals surface area (Å²) in [7, 11) is -3.51. The summed E-state index contributed by atoms with van der Waals surface area (Å²) in [5.74, 6) is 1.10. The lowest BCUT2D eigenvalue weighted by molar-refractivity contribution is 0.136. The molecule has 2 fully saturated rings. The third-order valence-electron chi connectivity index (χ3n) is 4.89. The molecule has 1 aliphatic heterocycles. The van der Waals surface area contributed by atoms with Gasteiger partial charge in [0.25, 0.3) is 0 Å². The minimum Gasteiger partial charge on any atom is -0.506 e. The molecule has 0 radical (unpaired) electrons. The number of fused-ring (bicyclic) bond motifs is 1. The van der Waals surface area contributed by atoms with Crippen LogP contribution in [0.4, 0.5) is 5.69 Å². The van der Waals surface area contributed by atoms with Crippen molar-refractivity contribution < 1.29 is 13.5 Å². The highest BCUT2D eigenvalue weighted by molar-refractivity contribution is 7.89. The Morgan fingerprint density at radius 1 is 1.14 bits per heavy atom. The lowest BCUT2D eigenvalue weighted by Crippen LogP contribution is -2.44. The van der Waals surface area contributed by atoms with Gasteiger partial charge >= 0.3 is 0 Å². The van der Waals surface area contributed by atoms with Crippen molar-refractivity contribution in [2.24, 2.45) is 11.8 Å². The fourth-order valence-electron chi connectivity index (χ4n) is 3.63. The van der Waals surface area contributed by atoms with Gasteiger partial charge < -0.3 is 10.8 Å². The molecule has 1 heterocycles. The van der Waals surface area contributed by atoms with Crippen LogP contribution in [-0.2, 0) is 10.0 Å². The third kappa shape index (κ3) is 2.74. The molecule has 1 saturated carbocycles. The van der Waals surface area contributed by atoms with Crippen molar-refractivity contribution in [1.82, 2.24) is 4.31 Å². The van der Waals surface area contributed by atoms with Crippen LogP contribution in [0.3, 0.4) is 0 Å². The zero-order chi connectivity index (χ0) is 15.0. The van der Waals surface area contributed by atoms with E-state index in [1.165, 1.54) is 37.5 Å². The molecule has 2 unspecified atom stereocenters. The quantitative estimate of drug-likeness (QED) is 0.648. The van der Waals surface area contributed by atoms with E-state index in [2.05, 4.69) is 0 Å². The van der Waals surface area contributed by atoms with Crippen LogP contribution in [0.25, 0.3) is 0 Å². The molecule has 0 spiro atoms. The molecule has 1 saturated heterocycles. The summed E-state index contributed by atoms with van der Waals surface area (Å²) in [6.07, 6.45) is 5.82. The fourth-order valence-corrected chi connectivity index (χ4v) is 5.18. The predicted molar refractivity (Wildman–Crippen MR) is 81.3 cm³/mol. The van der Waals surface area contributed by atoms with Crippen molar-refractivity contribution in [3.05, 3.63) is 18.2 Å². The lowest BCUT2D eigenvalue weighted by atomic mass is 9.76. The van der Waals surface area contributed by atoms with Gasteiger partial charge in [0.2, 0.25) is 10.0 Å². The van der Waals surface area contributed by atoms with Crippen molar-refractivity contribution in [3.8, 4) is 5.75 Å². The maximum atomic E-state index is 12.7. The van der Waals surface area contributed by atoms with Crippen molar-refractivity contribution in [3.63, 3.8) is 0 Å². The number of benzene rings is 1. The second-order valence-electron chi connectivity index (χ2n) is 6.18. The Bertz CT molecular complexity index is 630. The van der Waals surface area contributed by atoms with E-state index in [4.69, 9.17) is 5.73 Å². The van der Waals surface area contributed by atoms with Crippen LogP contribution < -0.4 is 5.73 Å². The number of hydrogen-bond donors (Lipinski definition) is 2. The maximum Gasteiger partial charge on any atom is 0.243 e. The molecule has 0 bridgehead atoms. The molecule has 1 aromatic rings. The van der Waals surface area contributed by atoms with E-state index in [9.17, 15) is 13.5 Å². The van der Waals surface area contributed by atoms with Gasteiger partial charge in [-0.1, -0.05) is 19.3 Å². The molecular weight excluding hydrogens is 288 g/mol. The lowest BCUT2D eigenvalue weighted by Gasteiger charge is -2.40. The van der Waals surface area contributed by atoms with Crippen LogP contribution in [0.1, 0.15) is 32.1 Å². The number of sulfonamides is 1. The number of nitrogens with two attached hydrogens (primary N) is 1. The molecule has 2 atom stereocenters. The fraction of sp³-hybridized carbons (Fsp3) is 0.600. The van der Waals surface area contributed by atoms with Crippen LogP contribution in [-0.4, -0.2) is 30.9 Å². The zero-order valence-corrected chi connectivity index (χ0v) is 12.8. The SMILES string of the molecule is Nc1cc(S(=O)(=O)N2CCC3CCCCC3C2)ccc1O. The first-order valence-corrected chi connectivity index (χ1v) is 9.01. The standard InChI is InChI=1S/C15H22N2O3S/c16-14-9-13(5-6-15(14)18)21(19,20)17-8-7-11-3-1-2-4-12(11)10-17/h5-6,9,11-12,18H,1-4,7-8,10,16H2. The largest absolute Gasteiger partial charge is 0.506 e. The Balaban J connectivity index is 1.83. The molecule has 1 aliphatic carbocycles. The van der Waals surface area contributed by atoms with E-state index in [1.807, 2.05) is 0 Å². The molecule has 3 N–H and O–H groups in total. The summed E-state index contributed by atoms with van der Waals surface area (Å²) in [5.41, 5.74) is 5.72. The monoisotopic (exact) mass is 310 g/mol. The number of anilines is 1. The highest BCUT2D eigenvalue weighted by Crippen LogP contribution is 2.38. The summed E-state index contributed by atoms with van der Waals surface area (Å²) in [5, 5.41) is 9.44. The number of phenols is 1. The zero-order valence-electron chi connectivity index (χ0n) is 12.0. The number of rotatable bonds is 2. The molecule has 6 heteroatoms. The molecule has 2 aliphatic rings. The van der Waals surface area contributed by atoms with Crippen molar-refractivity contribution >= 4 is 15.7 Å². The van der Waals surface area contributed by atoms with Crippen molar-refractivity contribution in [2.45, 2.75) is 37.0 Å².